The van der Waals surface area contributed by atoms with Crippen molar-refractivity contribution in [2.24, 2.45) is 0 Å². The molecule has 1 heterocycles. The van der Waals surface area contributed by atoms with Gasteiger partial charge in [-0.15, -0.1) is 0 Å². The van der Waals surface area contributed by atoms with E-state index in [1.54, 1.807) is 6.92 Å². The van der Waals surface area contributed by atoms with Gasteiger partial charge in [0.1, 0.15) is 5.82 Å². The van der Waals surface area contributed by atoms with Crippen LogP contribution in [0, 0.1) is 12.7 Å². The maximum atomic E-state index is 13.1. The first-order chi connectivity index (χ1) is 8.75. The molecule has 0 bridgehead atoms. The van der Waals surface area contributed by atoms with Crippen LogP contribution in [0.4, 0.5) is 4.39 Å². The maximum Gasteiger partial charge on any atom is 0.126 e. The lowest BCUT2D eigenvalue weighted by molar-refractivity contribution is 0.0115. The van der Waals surface area contributed by atoms with Crippen molar-refractivity contribution in [2.75, 3.05) is 13.2 Å². The molecule has 1 aromatic carbocycles. The number of nitrogens with one attached hydrogen (secondary N) is 1. The van der Waals surface area contributed by atoms with E-state index in [-0.39, 0.29) is 5.82 Å². The minimum absolute atomic E-state index is 0.130. The van der Waals surface area contributed by atoms with Gasteiger partial charge in [0.2, 0.25) is 0 Å². The number of hydrogen-bond acceptors (Lipinski definition) is 2. The van der Waals surface area contributed by atoms with Crippen LogP contribution >= 0.6 is 0 Å². The van der Waals surface area contributed by atoms with Crippen molar-refractivity contribution in [1.29, 1.82) is 0 Å². The Morgan fingerprint density at radius 1 is 1.39 bits per heavy atom. The van der Waals surface area contributed by atoms with Crippen LogP contribution in [-0.4, -0.2) is 19.3 Å². The summed E-state index contributed by atoms with van der Waals surface area (Å²) in [6.07, 6.45) is 5.19. The molecule has 1 saturated heterocycles. The smallest absolute Gasteiger partial charge is 0.126 e. The zero-order valence-electron chi connectivity index (χ0n) is 11.0. The summed E-state index contributed by atoms with van der Waals surface area (Å²) in [6.45, 7) is 4.48. The highest BCUT2D eigenvalue weighted by Gasteiger charge is 2.12. The normalized spacial score (nSPS) is 20.0. The van der Waals surface area contributed by atoms with E-state index in [0.29, 0.717) is 11.7 Å². The summed E-state index contributed by atoms with van der Waals surface area (Å²) in [7, 11) is 0. The molecule has 1 N–H and O–H groups in total. The largest absolute Gasteiger partial charge is 0.378 e. The number of hydrogen-bond donors (Lipinski definition) is 1. The number of rotatable bonds is 5. The van der Waals surface area contributed by atoms with Gasteiger partial charge in [0.25, 0.3) is 0 Å². The predicted molar refractivity (Wildman–Crippen MR) is 71.1 cm³/mol. The standard InChI is InChI=1S/C15H22FNO/c1-12-10-13(5-6-15(12)16)11-17-8-7-14-4-2-3-9-18-14/h5-6,10,14,17H,2-4,7-9,11H2,1H3. The van der Waals surface area contributed by atoms with Crippen LogP contribution in [0.5, 0.6) is 0 Å². The fourth-order valence-electron chi connectivity index (χ4n) is 2.35. The Labute approximate surface area is 109 Å². The van der Waals surface area contributed by atoms with Crippen LogP contribution in [0.15, 0.2) is 18.2 Å². The van der Waals surface area contributed by atoms with Gasteiger partial charge in [-0.3, -0.25) is 0 Å². The molecular formula is C15H22FNO. The summed E-state index contributed by atoms with van der Waals surface area (Å²) in [5, 5.41) is 3.39. The van der Waals surface area contributed by atoms with E-state index >= 15 is 0 Å². The molecule has 0 amide bonds. The second kappa shape index (κ2) is 6.86. The van der Waals surface area contributed by atoms with Gasteiger partial charge in [-0.1, -0.05) is 12.1 Å². The molecule has 2 nitrogen and oxygen atoms in total. The highest BCUT2D eigenvalue weighted by molar-refractivity contribution is 5.23. The van der Waals surface area contributed by atoms with Gasteiger partial charge < -0.3 is 10.1 Å². The van der Waals surface area contributed by atoms with Crippen LogP contribution in [0.3, 0.4) is 0 Å². The highest BCUT2D eigenvalue weighted by atomic mass is 19.1. The molecule has 100 valence electrons. The third-order valence-electron chi connectivity index (χ3n) is 3.47. The van der Waals surface area contributed by atoms with Gasteiger partial charge in [-0.25, -0.2) is 4.39 Å². The van der Waals surface area contributed by atoms with E-state index in [2.05, 4.69) is 5.32 Å². The lowest BCUT2D eigenvalue weighted by atomic mass is 10.1. The fraction of sp³-hybridized carbons (Fsp3) is 0.600. The predicted octanol–water partition coefficient (Wildman–Crippen LogP) is 3.18. The monoisotopic (exact) mass is 251 g/mol. The van der Waals surface area contributed by atoms with E-state index in [4.69, 9.17) is 4.74 Å². The van der Waals surface area contributed by atoms with Crippen molar-refractivity contribution < 1.29 is 9.13 Å². The number of benzene rings is 1. The first-order valence-electron chi connectivity index (χ1n) is 6.83. The molecular weight excluding hydrogens is 229 g/mol. The molecule has 1 atom stereocenters. The first-order valence-corrected chi connectivity index (χ1v) is 6.83. The average molecular weight is 251 g/mol. The van der Waals surface area contributed by atoms with Crippen LogP contribution in [0.25, 0.3) is 0 Å². The Morgan fingerprint density at radius 2 is 2.28 bits per heavy atom. The van der Waals surface area contributed by atoms with Crippen molar-refractivity contribution in [2.45, 2.75) is 45.3 Å². The van der Waals surface area contributed by atoms with Crippen LogP contribution < -0.4 is 5.32 Å². The van der Waals surface area contributed by atoms with Crippen LogP contribution in [-0.2, 0) is 11.3 Å². The molecule has 1 aliphatic heterocycles. The maximum absolute atomic E-state index is 13.1. The van der Waals surface area contributed by atoms with Crippen LogP contribution in [0.2, 0.25) is 0 Å². The summed E-state index contributed by atoms with van der Waals surface area (Å²) < 4.78 is 18.8. The van der Waals surface area contributed by atoms with Crippen molar-refractivity contribution >= 4 is 0 Å². The summed E-state index contributed by atoms with van der Waals surface area (Å²) in [4.78, 5) is 0. The summed E-state index contributed by atoms with van der Waals surface area (Å²) in [5.41, 5.74) is 1.85. The second-order valence-electron chi connectivity index (χ2n) is 5.04. The molecule has 0 radical (unpaired) electrons. The molecule has 1 unspecified atom stereocenters. The Hall–Kier alpha value is -0.930. The number of ether oxygens (including phenoxy) is 1. The van der Waals surface area contributed by atoms with E-state index in [1.807, 2.05) is 12.1 Å². The van der Waals surface area contributed by atoms with Gasteiger partial charge >= 0.3 is 0 Å². The second-order valence-corrected chi connectivity index (χ2v) is 5.04. The average Bonchev–Trinajstić information content (AvgIpc) is 2.40. The molecule has 0 aliphatic carbocycles. The Kier molecular flexibility index (Phi) is 5.14. The van der Waals surface area contributed by atoms with Gasteiger partial charge in [0.05, 0.1) is 6.10 Å². The zero-order chi connectivity index (χ0) is 12.8. The molecule has 1 aromatic rings. The molecule has 1 fully saturated rings. The molecule has 18 heavy (non-hydrogen) atoms. The van der Waals surface area contributed by atoms with Crippen molar-refractivity contribution in [3.8, 4) is 0 Å². The number of halogens is 1. The summed E-state index contributed by atoms with van der Waals surface area (Å²) in [5.74, 6) is -0.130. The lowest BCUT2D eigenvalue weighted by Gasteiger charge is -2.22. The van der Waals surface area contributed by atoms with E-state index < -0.39 is 0 Å². The molecule has 0 spiro atoms. The lowest BCUT2D eigenvalue weighted by Crippen LogP contribution is -2.25. The molecule has 2 rings (SSSR count). The van der Waals surface area contributed by atoms with Crippen LogP contribution in [0.1, 0.15) is 36.8 Å². The fourth-order valence-corrected chi connectivity index (χ4v) is 2.35. The zero-order valence-corrected chi connectivity index (χ0v) is 11.0. The molecule has 3 heteroatoms. The third kappa shape index (κ3) is 4.07. The topological polar surface area (TPSA) is 21.3 Å². The van der Waals surface area contributed by atoms with Crippen molar-refractivity contribution in [3.63, 3.8) is 0 Å². The molecule has 1 aliphatic rings. The first kappa shape index (κ1) is 13.5. The SMILES string of the molecule is Cc1cc(CNCCC2CCCCO2)ccc1F. The van der Waals surface area contributed by atoms with Crippen molar-refractivity contribution in [3.05, 3.63) is 35.1 Å². The Balaban J connectivity index is 1.66. The number of aryl methyl sites for hydroxylation is 1. The van der Waals surface area contributed by atoms with Gasteiger partial charge in [-0.05, 0) is 56.3 Å². The quantitative estimate of drug-likeness (QED) is 0.812. The summed E-state index contributed by atoms with van der Waals surface area (Å²) in [6, 6.07) is 5.28. The van der Waals surface area contributed by atoms with Gasteiger partial charge in [0, 0.05) is 13.2 Å². The van der Waals surface area contributed by atoms with Crippen molar-refractivity contribution in [1.82, 2.24) is 5.32 Å². The van der Waals surface area contributed by atoms with Gasteiger partial charge in [-0.2, -0.15) is 0 Å². The van der Waals surface area contributed by atoms with E-state index in [1.165, 1.54) is 25.3 Å². The van der Waals surface area contributed by atoms with Gasteiger partial charge in [0.15, 0.2) is 0 Å². The minimum Gasteiger partial charge on any atom is -0.378 e. The van der Waals surface area contributed by atoms with E-state index in [9.17, 15) is 4.39 Å². The third-order valence-corrected chi connectivity index (χ3v) is 3.47. The van der Waals surface area contributed by atoms with E-state index in [0.717, 1.165) is 31.7 Å². The molecule has 0 aromatic heterocycles. The Bertz CT molecular complexity index is 375. The highest BCUT2D eigenvalue weighted by Crippen LogP contribution is 2.15. The minimum atomic E-state index is -0.130. The summed E-state index contributed by atoms with van der Waals surface area (Å²) >= 11 is 0. The molecule has 0 saturated carbocycles. The Morgan fingerprint density at radius 3 is 3.00 bits per heavy atom.